The van der Waals surface area contributed by atoms with Crippen molar-refractivity contribution in [2.45, 2.75) is 37.1 Å². The molecule has 6 heteroatoms. The smallest absolute Gasteiger partial charge is 0.243 e. The van der Waals surface area contributed by atoms with Crippen molar-refractivity contribution >= 4 is 15.8 Å². The summed E-state index contributed by atoms with van der Waals surface area (Å²) < 4.78 is 26.1. The lowest BCUT2D eigenvalue weighted by Crippen LogP contribution is -2.29. The Morgan fingerprint density at radius 3 is 2.83 bits per heavy atom. The monoisotopic (exact) mass is 269 g/mol. The van der Waals surface area contributed by atoms with Crippen molar-refractivity contribution in [2.75, 3.05) is 18.9 Å². The van der Waals surface area contributed by atoms with Gasteiger partial charge in [-0.2, -0.15) is 4.31 Å². The third-order valence-electron chi connectivity index (χ3n) is 3.03. The minimum absolute atomic E-state index is 0.176. The first-order chi connectivity index (χ1) is 8.55. The average molecular weight is 269 g/mol. The third kappa shape index (κ3) is 2.81. The van der Waals surface area contributed by atoms with Crippen LogP contribution >= 0.6 is 0 Å². The van der Waals surface area contributed by atoms with E-state index in [4.69, 9.17) is 0 Å². The van der Waals surface area contributed by atoms with Gasteiger partial charge in [0.15, 0.2) is 0 Å². The summed E-state index contributed by atoms with van der Waals surface area (Å²) in [6.07, 6.45) is 4.43. The number of hydrogen-bond donors (Lipinski definition) is 1. The summed E-state index contributed by atoms with van der Waals surface area (Å²) in [5.74, 6) is 0.613. The van der Waals surface area contributed by atoms with Crippen LogP contribution in [0.3, 0.4) is 0 Å². The summed E-state index contributed by atoms with van der Waals surface area (Å²) in [6.45, 7) is 2.84. The largest absolute Gasteiger partial charge is 0.370 e. The Balaban J connectivity index is 2.21. The Morgan fingerprint density at radius 1 is 1.50 bits per heavy atom. The molecule has 0 amide bonds. The van der Waals surface area contributed by atoms with E-state index in [1.165, 1.54) is 10.5 Å². The second kappa shape index (κ2) is 5.24. The molecule has 0 radical (unpaired) electrons. The molecule has 1 N–H and O–H groups in total. The van der Waals surface area contributed by atoms with E-state index in [9.17, 15) is 8.42 Å². The van der Waals surface area contributed by atoms with Crippen molar-refractivity contribution in [3.05, 3.63) is 18.3 Å². The predicted molar refractivity (Wildman–Crippen MR) is 71.0 cm³/mol. The van der Waals surface area contributed by atoms with Crippen molar-refractivity contribution in [2.24, 2.45) is 0 Å². The first kappa shape index (κ1) is 13.3. The van der Waals surface area contributed by atoms with Crippen LogP contribution in [0.4, 0.5) is 5.82 Å². The van der Waals surface area contributed by atoms with Gasteiger partial charge in [-0.15, -0.1) is 0 Å². The van der Waals surface area contributed by atoms with Crippen molar-refractivity contribution in [3.63, 3.8) is 0 Å². The van der Waals surface area contributed by atoms with Crippen LogP contribution in [0.2, 0.25) is 0 Å². The maximum Gasteiger partial charge on any atom is 0.243 e. The summed E-state index contributed by atoms with van der Waals surface area (Å²) in [4.78, 5) is 4.43. The highest BCUT2D eigenvalue weighted by Gasteiger charge is 2.35. The molecule has 0 bridgehead atoms. The standard InChI is InChI=1S/C12H19N3O2S/c1-3-7-13-12-9-11(6-8-14-12)18(16,17)15(2)10-4-5-10/h6,8-10H,3-5,7H2,1-2H3,(H,13,14). The number of sulfonamides is 1. The lowest BCUT2D eigenvalue weighted by molar-refractivity contribution is 0.464. The average Bonchev–Trinajstić information content (AvgIpc) is 3.20. The molecule has 100 valence electrons. The van der Waals surface area contributed by atoms with Gasteiger partial charge in [-0.1, -0.05) is 6.92 Å². The molecule has 18 heavy (non-hydrogen) atoms. The zero-order valence-corrected chi connectivity index (χ0v) is 11.6. The SMILES string of the molecule is CCCNc1cc(S(=O)(=O)N(C)C2CC2)ccn1. The van der Waals surface area contributed by atoms with Gasteiger partial charge in [0, 0.05) is 31.9 Å². The lowest BCUT2D eigenvalue weighted by Gasteiger charge is -2.16. The zero-order valence-electron chi connectivity index (χ0n) is 10.8. The van der Waals surface area contributed by atoms with E-state index in [0.29, 0.717) is 10.7 Å². The first-order valence-electron chi connectivity index (χ1n) is 6.23. The molecule has 1 aromatic rings. The second-order valence-electron chi connectivity index (χ2n) is 4.56. The molecular formula is C12H19N3O2S. The molecule has 2 rings (SSSR count). The predicted octanol–water partition coefficient (Wildman–Crippen LogP) is 1.69. The van der Waals surface area contributed by atoms with Crippen LogP contribution in [0, 0.1) is 0 Å². The van der Waals surface area contributed by atoms with E-state index < -0.39 is 10.0 Å². The van der Waals surface area contributed by atoms with E-state index in [0.717, 1.165) is 25.8 Å². The van der Waals surface area contributed by atoms with Gasteiger partial charge >= 0.3 is 0 Å². The van der Waals surface area contributed by atoms with Crippen molar-refractivity contribution in [3.8, 4) is 0 Å². The molecule has 1 aliphatic rings. The molecule has 1 aliphatic carbocycles. The number of pyridine rings is 1. The Hall–Kier alpha value is -1.14. The molecule has 1 aromatic heterocycles. The minimum Gasteiger partial charge on any atom is -0.370 e. The highest BCUT2D eigenvalue weighted by Crippen LogP contribution is 2.30. The van der Waals surface area contributed by atoms with Gasteiger partial charge in [-0.3, -0.25) is 0 Å². The molecular weight excluding hydrogens is 250 g/mol. The zero-order chi connectivity index (χ0) is 13.2. The van der Waals surface area contributed by atoms with Crippen molar-refractivity contribution in [1.82, 2.24) is 9.29 Å². The summed E-state index contributed by atoms with van der Waals surface area (Å²) in [5.41, 5.74) is 0. The van der Waals surface area contributed by atoms with Crippen LogP contribution in [0.15, 0.2) is 23.2 Å². The topological polar surface area (TPSA) is 62.3 Å². The van der Waals surface area contributed by atoms with Crippen LogP contribution in [-0.4, -0.2) is 37.3 Å². The Labute approximate surface area is 108 Å². The number of aromatic nitrogens is 1. The molecule has 0 unspecified atom stereocenters. The molecule has 0 aromatic carbocycles. The number of hydrogen-bond acceptors (Lipinski definition) is 4. The molecule has 1 heterocycles. The van der Waals surface area contributed by atoms with Crippen LogP contribution in [0.1, 0.15) is 26.2 Å². The highest BCUT2D eigenvalue weighted by molar-refractivity contribution is 7.89. The Kier molecular flexibility index (Phi) is 3.87. The summed E-state index contributed by atoms with van der Waals surface area (Å²) in [5, 5.41) is 3.10. The van der Waals surface area contributed by atoms with Gasteiger partial charge in [0.25, 0.3) is 0 Å². The Bertz CT molecular complexity index is 512. The van der Waals surface area contributed by atoms with Crippen LogP contribution in [-0.2, 0) is 10.0 Å². The quantitative estimate of drug-likeness (QED) is 0.853. The van der Waals surface area contributed by atoms with E-state index in [1.54, 1.807) is 19.2 Å². The molecule has 0 spiro atoms. The van der Waals surface area contributed by atoms with Gasteiger partial charge in [0.05, 0.1) is 4.90 Å². The van der Waals surface area contributed by atoms with E-state index in [2.05, 4.69) is 17.2 Å². The van der Waals surface area contributed by atoms with E-state index in [1.807, 2.05) is 0 Å². The van der Waals surface area contributed by atoms with E-state index in [-0.39, 0.29) is 6.04 Å². The number of nitrogens with zero attached hydrogens (tertiary/aromatic N) is 2. The molecule has 1 saturated carbocycles. The van der Waals surface area contributed by atoms with Gasteiger partial charge in [0.1, 0.15) is 5.82 Å². The van der Waals surface area contributed by atoms with Gasteiger partial charge in [-0.05, 0) is 25.3 Å². The fourth-order valence-corrected chi connectivity index (χ4v) is 3.15. The fraction of sp³-hybridized carbons (Fsp3) is 0.583. The van der Waals surface area contributed by atoms with Gasteiger partial charge in [0.2, 0.25) is 10.0 Å². The molecule has 5 nitrogen and oxygen atoms in total. The summed E-state index contributed by atoms with van der Waals surface area (Å²) in [7, 11) is -1.72. The normalized spacial score (nSPS) is 15.9. The lowest BCUT2D eigenvalue weighted by atomic mass is 10.4. The van der Waals surface area contributed by atoms with Crippen LogP contribution in [0.5, 0.6) is 0 Å². The fourth-order valence-electron chi connectivity index (χ4n) is 1.72. The maximum atomic E-state index is 12.3. The second-order valence-corrected chi connectivity index (χ2v) is 6.55. The first-order valence-corrected chi connectivity index (χ1v) is 7.67. The van der Waals surface area contributed by atoms with Crippen LogP contribution in [0.25, 0.3) is 0 Å². The molecule has 0 saturated heterocycles. The Morgan fingerprint density at radius 2 is 2.22 bits per heavy atom. The number of rotatable bonds is 6. The molecule has 1 fully saturated rings. The van der Waals surface area contributed by atoms with Crippen molar-refractivity contribution < 1.29 is 8.42 Å². The summed E-state index contributed by atoms with van der Waals surface area (Å²) in [6, 6.07) is 3.32. The highest BCUT2D eigenvalue weighted by atomic mass is 32.2. The van der Waals surface area contributed by atoms with Gasteiger partial charge < -0.3 is 5.32 Å². The number of nitrogens with one attached hydrogen (secondary N) is 1. The minimum atomic E-state index is -3.37. The van der Waals surface area contributed by atoms with Gasteiger partial charge in [-0.25, -0.2) is 13.4 Å². The van der Waals surface area contributed by atoms with Crippen LogP contribution < -0.4 is 5.32 Å². The maximum absolute atomic E-state index is 12.3. The molecule has 0 atom stereocenters. The van der Waals surface area contributed by atoms with Crippen molar-refractivity contribution in [1.29, 1.82) is 0 Å². The van der Waals surface area contributed by atoms with E-state index >= 15 is 0 Å². The summed E-state index contributed by atoms with van der Waals surface area (Å²) >= 11 is 0. The number of anilines is 1. The third-order valence-corrected chi connectivity index (χ3v) is 4.93. The molecule has 0 aliphatic heterocycles.